The highest BCUT2D eigenvalue weighted by Gasteiger charge is 2.29. The molecule has 0 aliphatic carbocycles. The molecule has 0 fully saturated rings. The lowest BCUT2D eigenvalue weighted by atomic mass is 10.1. The highest BCUT2D eigenvalue weighted by atomic mass is 32.2. The van der Waals surface area contributed by atoms with Crippen LogP contribution >= 0.6 is 0 Å². The molecule has 38 heavy (non-hydrogen) atoms. The zero-order valence-corrected chi connectivity index (χ0v) is 22.3. The van der Waals surface area contributed by atoms with Crippen LogP contribution in [0.25, 0.3) is 0 Å². The van der Waals surface area contributed by atoms with Crippen molar-refractivity contribution in [3.63, 3.8) is 0 Å². The van der Waals surface area contributed by atoms with E-state index in [2.05, 4.69) is 5.32 Å². The first-order valence-electron chi connectivity index (χ1n) is 12.1. The van der Waals surface area contributed by atoms with Crippen molar-refractivity contribution < 1.29 is 22.7 Å². The average Bonchev–Trinajstić information content (AvgIpc) is 2.96. The van der Waals surface area contributed by atoms with E-state index in [9.17, 15) is 13.2 Å². The maximum Gasteiger partial charge on any atom is 0.264 e. The molecule has 0 aromatic heterocycles. The quantitative estimate of drug-likeness (QED) is 0.289. The Labute approximate surface area is 223 Å². The SMILES string of the molecule is COc1ccc(S(=O)(=O)N(Cc2ccccc2)c2ccccc2C(=O)N[C@@H](C)c2ccccc2OC)cc1. The van der Waals surface area contributed by atoms with Crippen molar-refractivity contribution in [2.45, 2.75) is 24.4 Å². The highest BCUT2D eigenvalue weighted by molar-refractivity contribution is 7.92. The van der Waals surface area contributed by atoms with Gasteiger partial charge in [-0.25, -0.2) is 8.42 Å². The Hall–Kier alpha value is -4.30. The second kappa shape index (κ2) is 11.8. The lowest BCUT2D eigenvalue weighted by Gasteiger charge is -2.27. The zero-order chi connectivity index (χ0) is 27.1. The van der Waals surface area contributed by atoms with Gasteiger partial charge in [-0.3, -0.25) is 9.10 Å². The van der Waals surface area contributed by atoms with E-state index in [1.165, 1.54) is 23.5 Å². The van der Waals surface area contributed by atoms with E-state index in [0.717, 1.165) is 11.1 Å². The number of hydrogen-bond donors (Lipinski definition) is 1. The number of hydrogen-bond acceptors (Lipinski definition) is 5. The first kappa shape index (κ1) is 26.8. The van der Waals surface area contributed by atoms with E-state index in [1.54, 1.807) is 43.5 Å². The summed E-state index contributed by atoms with van der Waals surface area (Å²) < 4.78 is 39.9. The molecular weight excluding hydrogens is 500 g/mol. The fourth-order valence-electron chi connectivity index (χ4n) is 4.18. The van der Waals surface area contributed by atoms with Crippen molar-refractivity contribution in [3.05, 3.63) is 120 Å². The van der Waals surface area contributed by atoms with Crippen molar-refractivity contribution in [1.29, 1.82) is 0 Å². The van der Waals surface area contributed by atoms with Crippen molar-refractivity contribution in [1.82, 2.24) is 5.32 Å². The van der Waals surface area contributed by atoms with E-state index in [0.29, 0.717) is 11.5 Å². The van der Waals surface area contributed by atoms with Gasteiger partial charge in [0.15, 0.2) is 0 Å². The maximum absolute atomic E-state index is 14.0. The van der Waals surface area contributed by atoms with Gasteiger partial charge < -0.3 is 14.8 Å². The fourth-order valence-corrected chi connectivity index (χ4v) is 5.65. The van der Waals surface area contributed by atoms with E-state index in [1.807, 2.05) is 61.5 Å². The number of benzene rings is 4. The number of nitrogens with zero attached hydrogens (tertiary/aromatic N) is 1. The predicted octanol–water partition coefficient (Wildman–Crippen LogP) is 5.59. The Morgan fingerprint density at radius 1 is 0.816 bits per heavy atom. The lowest BCUT2D eigenvalue weighted by Crippen LogP contribution is -2.34. The Balaban J connectivity index is 1.74. The average molecular weight is 531 g/mol. The summed E-state index contributed by atoms with van der Waals surface area (Å²) in [6.45, 7) is 1.90. The third-order valence-corrected chi connectivity index (χ3v) is 7.96. The highest BCUT2D eigenvalue weighted by Crippen LogP contribution is 2.31. The van der Waals surface area contributed by atoms with Crippen LogP contribution in [0.4, 0.5) is 5.69 Å². The smallest absolute Gasteiger partial charge is 0.264 e. The van der Waals surface area contributed by atoms with E-state index in [4.69, 9.17) is 9.47 Å². The summed E-state index contributed by atoms with van der Waals surface area (Å²) in [6, 6.07) is 29.2. The van der Waals surface area contributed by atoms with Gasteiger partial charge in [0, 0.05) is 5.56 Å². The van der Waals surface area contributed by atoms with Crippen LogP contribution in [0.1, 0.15) is 34.5 Å². The molecule has 196 valence electrons. The summed E-state index contributed by atoms with van der Waals surface area (Å²) in [7, 11) is -0.949. The number of methoxy groups -OCH3 is 2. The number of carbonyl (C=O) groups excluding carboxylic acids is 1. The van der Waals surface area contributed by atoms with Crippen LogP contribution in [0.3, 0.4) is 0 Å². The van der Waals surface area contributed by atoms with Gasteiger partial charge >= 0.3 is 0 Å². The van der Waals surface area contributed by atoms with Crippen LogP contribution in [0, 0.1) is 0 Å². The van der Waals surface area contributed by atoms with Gasteiger partial charge in [-0.05, 0) is 55.0 Å². The number of ether oxygens (including phenoxy) is 2. The molecule has 4 aromatic carbocycles. The number of amides is 1. The van der Waals surface area contributed by atoms with Gasteiger partial charge in [0.25, 0.3) is 15.9 Å². The number of carbonyl (C=O) groups is 1. The summed E-state index contributed by atoms with van der Waals surface area (Å²) in [5, 5.41) is 3.00. The van der Waals surface area contributed by atoms with E-state index < -0.39 is 15.9 Å². The molecule has 1 atom stereocenters. The molecule has 0 bridgehead atoms. The largest absolute Gasteiger partial charge is 0.497 e. The van der Waals surface area contributed by atoms with Crippen molar-refractivity contribution in [3.8, 4) is 11.5 Å². The van der Waals surface area contributed by atoms with Crippen LogP contribution in [-0.2, 0) is 16.6 Å². The van der Waals surface area contributed by atoms with Crippen LogP contribution in [0.2, 0.25) is 0 Å². The van der Waals surface area contributed by atoms with Crippen LogP contribution in [0.5, 0.6) is 11.5 Å². The topological polar surface area (TPSA) is 84.9 Å². The van der Waals surface area contributed by atoms with E-state index >= 15 is 0 Å². The maximum atomic E-state index is 14.0. The third-order valence-electron chi connectivity index (χ3n) is 6.19. The van der Waals surface area contributed by atoms with Gasteiger partial charge in [0.05, 0.1) is 43.0 Å². The molecule has 0 aliphatic rings. The molecule has 0 saturated heterocycles. The Kier molecular flexibility index (Phi) is 8.33. The Bertz CT molecular complexity index is 1490. The second-order valence-electron chi connectivity index (χ2n) is 8.63. The summed E-state index contributed by atoms with van der Waals surface area (Å²) in [5.74, 6) is 0.798. The molecular formula is C30H30N2O5S. The first-order chi connectivity index (χ1) is 18.3. The number of nitrogens with one attached hydrogen (secondary N) is 1. The Morgan fingerprint density at radius 2 is 1.45 bits per heavy atom. The molecule has 0 heterocycles. The molecule has 0 aliphatic heterocycles. The number of para-hydroxylation sites is 2. The minimum atomic E-state index is -4.05. The molecule has 7 nitrogen and oxygen atoms in total. The molecule has 4 aromatic rings. The second-order valence-corrected chi connectivity index (χ2v) is 10.5. The molecule has 0 spiro atoms. The summed E-state index contributed by atoms with van der Waals surface area (Å²) in [5.41, 5.74) is 2.11. The monoisotopic (exact) mass is 530 g/mol. The molecule has 4 rings (SSSR count). The van der Waals surface area contributed by atoms with E-state index in [-0.39, 0.29) is 28.7 Å². The van der Waals surface area contributed by atoms with Gasteiger partial charge in [0.1, 0.15) is 11.5 Å². The number of anilines is 1. The minimum Gasteiger partial charge on any atom is -0.497 e. The van der Waals surface area contributed by atoms with Gasteiger partial charge in [-0.15, -0.1) is 0 Å². The van der Waals surface area contributed by atoms with Crippen LogP contribution < -0.4 is 19.1 Å². The normalized spacial score (nSPS) is 11.9. The predicted molar refractivity (Wildman–Crippen MR) is 148 cm³/mol. The zero-order valence-electron chi connectivity index (χ0n) is 21.5. The molecule has 1 amide bonds. The number of rotatable bonds is 10. The summed E-state index contributed by atoms with van der Waals surface area (Å²) in [4.78, 5) is 13.7. The van der Waals surface area contributed by atoms with Gasteiger partial charge in [-0.2, -0.15) is 0 Å². The molecule has 0 radical (unpaired) electrons. The summed E-state index contributed by atoms with van der Waals surface area (Å²) in [6.07, 6.45) is 0. The molecule has 0 saturated carbocycles. The van der Waals surface area contributed by atoms with Gasteiger partial charge in [-0.1, -0.05) is 60.7 Å². The molecule has 1 N–H and O–H groups in total. The lowest BCUT2D eigenvalue weighted by molar-refractivity contribution is 0.0940. The van der Waals surface area contributed by atoms with Gasteiger partial charge in [0.2, 0.25) is 0 Å². The molecule has 8 heteroatoms. The standard InChI is InChI=1S/C30H30N2O5S/c1-22(26-13-8-10-16-29(26)37-3)31-30(33)27-14-7-9-15-28(27)32(21-23-11-5-4-6-12-23)38(34,35)25-19-17-24(36-2)18-20-25/h4-20,22H,21H2,1-3H3,(H,31,33)/t22-/m0/s1. The summed E-state index contributed by atoms with van der Waals surface area (Å²) >= 11 is 0. The third kappa shape index (κ3) is 5.81. The molecule has 0 unspecified atom stereocenters. The Morgan fingerprint density at radius 3 is 2.13 bits per heavy atom. The van der Waals surface area contributed by atoms with Crippen LogP contribution in [0.15, 0.2) is 108 Å². The van der Waals surface area contributed by atoms with Crippen molar-refractivity contribution >= 4 is 21.6 Å². The van der Waals surface area contributed by atoms with Crippen molar-refractivity contribution in [2.75, 3.05) is 18.5 Å². The van der Waals surface area contributed by atoms with Crippen LogP contribution in [-0.4, -0.2) is 28.5 Å². The first-order valence-corrected chi connectivity index (χ1v) is 13.5. The minimum absolute atomic E-state index is 0.0432. The van der Waals surface area contributed by atoms with Crippen molar-refractivity contribution in [2.24, 2.45) is 0 Å². The number of sulfonamides is 1. The fraction of sp³-hybridized carbons (Fsp3) is 0.167.